The summed E-state index contributed by atoms with van der Waals surface area (Å²) in [6.07, 6.45) is 6.22. The highest BCUT2D eigenvalue weighted by Crippen LogP contribution is 2.29. The molecule has 6 nitrogen and oxygen atoms in total. The number of carbonyl (C=O) groups excluding carboxylic acids is 1. The largest absolute Gasteiger partial charge is 0.357 e. The maximum atomic E-state index is 11.8. The van der Waals surface area contributed by atoms with Crippen molar-refractivity contribution in [3.8, 4) is 0 Å². The van der Waals surface area contributed by atoms with Gasteiger partial charge in [-0.2, -0.15) is 0 Å². The van der Waals surface area contributed by atoms with Gasteiger partial charge in [-0.05, 0) is 69.5 Å². The summed E-state index contributed by atoms with van der Waals surface area (Å²) in [7, 11) is 0. The van der Waals surface area contributed by atoms with Crippen LogP contribution >= 0.6 is 11.3 Å². The fraction of sp³-hybridized carbons (Fsp3) is 0.727. The fourth-order valence-electron chi connectivity index (χ4n) is 3.71. The van der Waals surface area contributed by atoms with Gasteiger partial charge in [0, 0.05) is 30.4 Å². The summed E-state index contributed by atoms with van der Waals surface area (Å²) in [6, 6.07) is 5.17. The number of likely N-dealkylation sites (tertiary alicyclic amines) is 1. The number of thiophene rings is 1. The number of nitrogens with zero attached hydrogens (tertiary/aromatic N) is 2. The van der Waals surface area contributed by atoms with E-state index in [1.54, 1.807) is 0 Å². The Morgan fingerprint density at radius 1 is 1.28 bits per heavy atom. The van der Waals surface area contributed by atoms with E-state index in [-0.39, 0.29) is 5.91 Å². The first kappa shape index (κ1) is 22.1. The van der Waals surface area contributed by atoms with Crippen molar-refractivity contribution in [3.05, 3.63) is 22.4 Å². The van der Waals surface area contributed by atoms with Gasteiger partial charge in [0.2, 0.25) is 5.91 Å². The molecule has 29 heavy (non-hydrogen) atoms. The maximum Gasteiger partial charge on any atom is 0.220 e. The summed E-state index contributed by atoms with van der Waals surface area (Å²) >= 11 is 1.83. The van der Waals surface area contributed by atoms with Crippen LogP contribution in [0.5, 0.6) is 0 Å². The number of nitrogens with one attached hydrogen (secondary N) is 3. The van der Waals surface area contributed by atoms with Crippen LogP contribution in [0.2, 0.25) is 0 Å². The first-order valence-electron chi connectivity index (χ1n) is 11.2. The molecule has 0 spiro atoms. The van der Waals surface area contributed by atoms with Gasteiger partial charge in [0.15, 0.2) is 5.96 Å². The van der Waals surface area contributed by atoms with Crippen LogP contribution in [0.15, 0.2) is 22.5 Å². The topological polar surface area (TPSA) is 68.8 Å². The molecule has 162 valence electrons. The molecule has 1 atom stereocenters. The Balaban J connectivity index is 1.50. The Labute approximate surface area is 179 Å². The van der Waals surface area contributed by atoms with Gasteiger partial charge in [0.05, 0.1) is 12.6 Å². The molecule has 1 aromatic heterocycles. The van der Waals surface area contributed by atoms with Gasteiger partial charge in [0.25, 0.3) is 0 Å². The molecule has 1 saturated carbocycles. The van der Waals surface area contributed by atoms with E-state index in [9.17, 15) is 4.79 Å². The number of carbonyl (C=O) groups is 1. The van der Waals surface area contributed by atoms with Crippen LogP contribution in [0.1, 0.15) is 63.3 Å². The Bertz CT molecular complexity index is 636. The molecular formula is C22H37N5OS. The molecule has 1 amide bonds. The minimum absolute atomic E-state index is 0.174. The van der Waals surface area contributed by atoms with Crippen LogP contribution in [-0.2, 0) is 4.79 Å². The molecule has 3 rings (SSSR count). The minimum Gasteiger partial charge on any atom is -0.357 e. The third kappa shape index (κ3) is 7.63. The van der Waals surface area contributed by atoms with Gasteiger partial charge in [-0.3, -0.25) is 14.7 Å². The maximum absolute atomic E-state index is 11.8. The predicted molar refractivity (Wildman–Crippen MR) is 121 cm³/mol. The van der Waals surface area contributed by atoms with E-state index < -0.39 is 0 Å². The highest BCUT2D eigenvalue weighted by molar-refractivity contribution is 7.10. The normalized spacial score (nSPS) is 19.7. The monoisotopic (exact) mass is 419 g/mol. The van der Waals surface area contributed by atoms with E-state index in [0.29, 0.717) is 18.5 Å². The minimum atomic E-state index is 0.174. The molecule has 0 radical (unpaired) electrons. The lowest BCUT2D eigenvalue weighted by molar-refractivity contribution is -0.121. The molecule has 1 unspecified atom stereocenters. The van der Waals surface area contributed by atoms with Crippen molar-refractivity contribution >= 4 is 23.2 Å². The first-order valence-corrected chi connectivity index (χ1v) is 12.1. The van der Waals surface area contributed by atoms with Gasteiger partial charge in [0.1, 0.15) is 0 Å². The molecular weight excluding hydrogens is 382 g/mol. The summed E-state index contributed by atoms with van der Waals surface area (Å²) < 4.78 is 0. The summed E-state index contributed by atoms with van der Waals surface area (Å²) in [4.78, 5) is 20.7. The van der Waals surface area contributed by atoms with Crippen LogP contribution in [0.25, 0.3) is 0 Å². The summed E-state index contributed by atoms with van der Waals surface area (Å²) in [5.74, 6) is 1.85. The number of rotatable bonds is 10. The second-order valence-corrected chi connectivity index (χ2v) is 9.32. The van der Waals surface area contributed by atoms with Gasteiger partial charge in [-0.15, -0.1) is 11.3 Å². The van der Waals surface area contributed by atoms with Crippen molar-refractivity contribution in [1.82, 2.24) is 20.9 Å². The summed E-state index contributed by atoms with van der Waals surface area (Å²) in [5, 5.41) is 12.0. The van der Waals surface area contributed by atoms with Gasteiger partial charge < -0.3 is 16.0 Å². The van der Waals surface area contributed by atoms with Crippen LogP contribution in [-0.4, -0.2) is 55.5 Å². The number of piperidine rings is 1. The van der Waals surface area contributed by atoms with E-state index in [1.165, 1.54) is 17.7 Å². The lowest BCUT2D eigenvalue weighted by atomic mass is 9.97. The SMILES string of the molecule is CCNC(=NCC(c1cccs1)N1CCC(C)CC1)NCCCC(=O)NC1CC1. The lowest BCUT2D eigenvalue weighted by Crippen LogP contribution is -2.40. The highest BCUT2D eigenvalue weighted by Gasteiger charge is 2.25. The average molecular weight is 420 g/mol. The van der Waals surface area contributed by atoms with Crippen LogP contribution in [0.3, 0.4) is 0 Å². The molecule has 1 aliphatic carbocycles. The molecule has 3 N–H and O–H groups in total. The number of aliphatic imine (C=N–C) groups is 1. The molecule has 0 aromatic carbocycles. The molecule has 0 bridgehead atoms. The number of hydrogen-bond donors (Lipinski definition) is 3. The average Bonchev–Trinajstić information content (AvgIpc) is 3.36. The zero-order valence-corrected chi connectivity index (χ0v) is 18.8. The summed E-state index contributed by atoms with van der Waals surface area (Å²) in [6.45, 7) is 9.09. The van der Waals surface area contributed by atoms with Crippen LogP contribution < -0.4 is 16.0 Å². The second kappa shape index (κ2) is 11.6. The van der Waals surface area contributed by atoms with Crippen molar-refractivity contribution < 1.29 is 4.79 Å². The van der Waals surface area contributed by atoms with Crippen LogP contribution in [0.4, 0.5) is 0 Å². The number of guanidine groups is 1. The van der Waals surface area contributed by atoms with E-state index >= 15 is 0 Å². The van der Waals surface area contributed by atoms with Gasteiger partial charge in [-0.1, -0.05) is 13.0 Å². The molecule has 2 aliphatic rings. The molecule has 7 heteroatoms. The third-order valence-electron chi connectivity index (χ3n) is 5.71. The van der Waals surface area contributed by atoms with Crippen molar-refractivity contribution in [2.75, 3.05) is 32.7 Å². The smallest absolute Gasteiger partial charge is 0.220 e. The Hall–Kier alpha value is -1.60. The molecule has 1 aliphatic heterocycles. The lowest BCUT2D eigenvalue weighted by Gasteiger charge is -2.35. The molecule has 2 heterocycles. The van der Waals surface area contributed by atoms with E-state index in [0.717, 1.165) is 63.9 Å². The van der Waals surface area contributed by atoms with Crippen molar-refractivity contribution in [1.29, 1.82) is 0 Å². The Morgan fingerprint density at radius 2 is 2.07 bits per heavy atom. The molecule has 1 aromatic rings. The second-order valence-electron chi connectivity index (χ2n) is 8.34. The zero-order valence-electron chi connectivity index (χ0n) is 18.0. The Morgan fingerprint density at radius 3 is 2.72 bits per heavy atom. The predicted octanol–water partition coefficient (Wildman–Crippen LogP) is 3.14. The van der Waals surface area contributed by atoms with Crippen molar-refractivity contribution in [3.63, 3.8) is 0 Å². The Kier molecular flexibility index (Phi) is 8.80. The first-order chi connectivity index (χ1) is 14.2. The van der Waals surface area contributed by atoms with E-state index in [1.807, 2.05) is 11.3 Å². The standard InChI is InChI=1S/C22H37N5OS/c1-3-23-22(24-12-4-7-21(28)26-18-8-9-18)25-16-19(20-6-5-15-29-20)27-13-10-17(2)11-14-27/h5-6,15,17-19H,3-4,7-14,16H2,1-2H3,(H,26,28)(H2,23,24,25). The quantitative estimate of drug-likeness (QED) is 0.310. The van der Waals surface area contributed by atoms with Gasteiger partial charge in [-0.25, -0.2) is 0 Å². The van der Waals surface area contributed by atoms with Crippen molar-refractivity contribution in [2.45, 2.75) is 64.5 Å². The zero-order chi connectivity index (χ0) is 20.5. The third-order valence-corrected chi connectivity index (χ3v) is 6.69. The van der Waals surface area contributed by atoms with E-state index in [4.69, 9.17) is 4.99 Å². The van der Waals surface area contributed by atoms with Crippen LogP contribution in [0, 0.1) is 5.92 Å². The number of hydrogen-bond acceptors (Lipinski definition) is 4. The van der Waals surface area contributed by atoms with Crippen molar-refractivity contribution in [2.24, 2.45) is 10.9 Å². The molecule has 2 fully saturated rings. The van der Waals surface area contributed by atoms with E-state index in [2.05, 4.69) is 52.2 Å². The summed E-state index contributed by atoms with van der Waals surface area (Å²) in [5.41, 5.74) is 0. The highest BCUT2D eigenvalue weighted by atomic mass is 32.1. The van der Waals surface area contributed by atoms with Gasteiger partial charge >= 0.3 is 0 Å². The molecule has 1 saturated heterocycles. The number of amides is 1. The fourth-order valence-corrected chi connectivity index (χ4v) is 4.56.